The molecule has 1 saturated heterocycles. The Hall–Kier alpha value is -2.96. The van der Waals surface area contributed by atoms with Gasteiger partial charge in [0.15, 0.2) is 23.3 Å². The SMILES string of the molecule is CC(C)(C)C1CN(c2cc(C3CC3c3cnc(-c4ncccn4)nc3)cc(F)c2F)C1. The zero-order valence-electron chi connectivity index (χ0n) is 17.9. The number of aromatic nitrogens is 4. The lowest BCUT2D eigenvalue weighted by molar-refractivity contribution is 0.194. The minimum atomic E-state index is -0.773. The van der Waals surface area contributed by atoms with Gasteiger partial charge in [-0.05, 0) is 58.9 Å². The maximum Gasteiger partial charge on any atom is 0.197 e. The molecule has 0 bridgehead atoms. The summed E-state index contributed by atoms with van der Waals surface area (Å²) in [6.45, 7) is 8.08. The van der Waals surface area contributed by atoms with E-state index in [0.29, 0.717) is 23.3 Å². The van der Waals surface area contributed by atoms with Crippen molar-refractivity contribution in [3.8, 4) is 11.6 Å². The van der Waals surface area contributed by atoms with Crippen LogP contribution in [-0.2, 0) is 0 Å². The fourth-order valence-corrected chi connectivity index (χ4v) is 4.25. The Labute approximate surface area is 180 Å². The first-order valence-corrected chi connectivity index (χ1v) is 10.6. The van der Waals surface area contributed by atoms with Crippen molar-refractivity contribution in [1.82, 2.24) is 19.9 Å². The molecular weight excluding hydrogens is 396 g/mol. The molecule has 2 aromatic heterocycles. The monoisotopic (exact) mass is 421 g/mol. The summed E-state index contributed by atoms with van der Waals surface area (Å²) in [6, 6.07) is 4.92. The molecule has 1 aromatic carbocycles. The number of rotatable bonds is 4. The normalized spacial score (nSPS) is 21.1. The second kappa shape index (κ2) is 7.32. The van der Waals surface area contributed by atoms with Crippen molar-refractivity contribution in [1.29, 1.82) is 0 Å². The van der Waals surface area contributed by atoms with Gasteiger partial charge in [0.1, 0.15) is 0 Å². The first-order valence-electron chi connectivity index (χ1n) is 10.6. The lowest BCUT2D eigenvalue weighted by atomic mass is 9.76. The largest absolute Gasteiger partial charge is 0.368 e. The third-order valence-electron chi connectivity index (χ3n) is 6.56. The molecule has 5 rings (SSSR count). The van der Waals surface area contributed by atoms with Crippen LogP contribution in [0.5, 0.6) is 0 Å². The van der Waals surface area contributed by atoms with Crippen LogP contribution in [0.1, 0.15) is 50.2 Å². The molecule has 0 amide bonds. The van der Waals surface area contributed by atoms with Gasteiger partial charge in [-0.15, -0.1) is 0 Å². The zero-order valence-corrected chi connectivity index (χ0v) is 17.9. The van der Waals surface area contributed by atoms with Crippen molar-refractivity contribution in [3.63, 3.8) is 0 Å². The molecule has 0 spiro atoms. The minimum absolute atomic E-state index is 0.149. The third-order valence-corrected chi connectivity index (χ3v) is 6.56. The Balaban J connectivity index is 1.32. The van der Waals surface area contributed by atoms with E-state index in [4.69, 9.17) is 0 Å². The van der Waals surface area contributed by atoms with E-state index in [1.165, 1.54) is 6.07 Å². The van der Waals surface area contributed by atoms with Crippen LogP contribution in [0.3, 0.4) is 0 Å². The van der Waals surface area contributed by atoms with Crippen LogP contribution in [0.15, 0.2) is 43.0 Å². The topological polar surface area (TPSA) is 54.8 Å². The number of halogens is 2. The lowest BCUT2D eigenvalue weighted by Crippen LogP contribution is -2.52. The predicted octanol–water partition coefficient (Wildman–Crippen LogP) is 4.97. The first kappa shape index (κ1) is 20.0. The van der Waals surface area contributed by atoms with Crippen LogP contribution in [0, 0.1) is 23.0 Å². The Kier molecular flexibility index (Phi) is 4.72. The van der Waals surface area contributed by atoms with E-state index in [9.17, 15) is 8.78 Å². The third kappa shape index (κ3) is 3.77. The number of nitrogens with zero attached hydrogens (tertiary/aromatic N) is 5. The Bertz CT molecular complexity index is 1090. The predicted molar refractivity (Wildman–Crippen MR) is 115 cm³/mol. The number of hydrogen-bond donors (Lipinski definition) is 0. The van der Waals surface area contributed by atoms with Gasteiger partial charge in [0.05, 0.1) is 5.69 Å². The average Bonchev–Trinajstić information content (AvgIpc) is 3.50. The summed E-state index contributed by atoms with van der Waals surface area (Å²) in [7, 11) is 0. The van der Waals surface area contributed by atoms with Crippen LogP contribution < -0.4 is 4.90 Å². The highest BCUT2D eigenvalue weighted by molar-refractivity contribution is 5.55. The van der Waals surface area contributed by atoms with Gasteiger partial charge in [-0.3, -0.25) is 0 Å². The minimum Gasteiger partial charge on any atom is -0.368 e. The lowest BCUT2D eigenvalue weighted by Gasteiger charge is -2.47. The molecule has 1 aliphatic carbocycles. The van der Waals surface area contributed by atoms with Gasteiger partial charge in [0.25, 0.3) is 0 Å². The van der Waals surface area contributed by atoms with Gasteiger partial charge in [-0.2, -0.15) is 0 Å². The zero-order chi connectivity index (χ0) is 21.8. The number of benzene rings is 1. The van der Waals surface area contributed by atoms with Crippen LogP contribution in [-0.4, -0.2) is 33.0 Å². The molecule has 5 nitrogen and oxygen atoms in total. The molecule has 0 N–H and O–H groups in total. The smallest absolute Gasteiger partial charge is 0.197 e. The van der Waals surface area contributed by atoms with Crippen LogP contribution >= 0.6 is 0 Å². The van der Waals surface area contributed by atoms with E-state index in [2.05, 4.69) is 40.7 Å². The summed E-state index contributed by atoms with van der Waals surface area (Å²) in [5.41, 5.74) is 2.39. The summed E-state index contributed by atoms with van der Waals surface area (Å²) < 4.78 is 28.9. The van der Waals surface area contributed by atoms with Crippen LogP contribution in [0.2, 0.25) is 0 Å². The van der Waals surface area contributed by atoms with Crippen molar-refractivity contribution in [2.75, 3.05) is 18.0 Å². The van der Waals surface area contributed by atoms with E-state index in [-0.39, 0.29) is 17.3 Å². The maximum atomic E-state index is 14.5. The van der Waals surface area contributed by atoms with E-state index in [1.807, 2.05) is 11.0 Å². The Morgan fingerprint density at radius 3 is 2.13 bits per heavy atom. The van der Waals surface area contributed by atoms with E-state index in [1.54, 1.807) is 30.9 Å². The summed E-state index contributed by atoms with van der Waals surface area (Å²) >= 11 is 0. The van der Waals surface area contributed by atoms with Gasteiger partial charge in [0, 0.05) is 37.9 Å². The van der Waals surface area contributed by atoms with Gasteiger partial charge < -0.3 is 4.90 Å². The summed E-state index contributed by atoms with van der Waals surface area (Å²) in [5, 5.41) is 0. The fraction of sp³-hybridized carbons (Fsp3) is 0.417. The average molecular weight is 421 g/mol. The van der Waals surface area contributed by atoms with Gasteiger partial charge in [-0.1, -0.05) is 20.8 Å². The summed E-state index contributed by atoms with van der Waals surface area (Å²) in [6.07, 6.45) is 7.75. The van der Waals surface area contributed by atoms with Crippen molar-refractivity contribution >= 4 is 5.69 Å². The molecule has 2 unspecified atom stereocenters. The highest BCUT2D eigenvalue weighted by Crippen LogP contribution is 2.55. The first-order chi connectivity index (χ1) is 14.8. The van der Waals surface area contributed by atoms with E-state index >= 15 is 0 Å². The molecule has 31 heavy (non-hydrogen) atoms. The van der Waals surface area contributed by atoms with Crippen LogP contribution in [0.25, 0.3) is 11.6 Å². The van der Waals surface area contributed by atoms with E-state index < -0.39 is 11.6 Å². The number of anilines is 1. The standard InChI is InChI=1S/C24H25F2N5/c1-24(2,3)16-12-31(13-16)20-8-14(7-19(25)21(20)26)17-9-18(17)15-10-29-23(30-11-15)22-27-5-4-6-28-22/h4-8,10-11,16-18H,9,12-13H2,1-3H3. The molecule has 7 heteroatoms. The quantitative estimate of drug-likeness (QED) is 0.596. The second-order valence-electron chi connectivity index (χ2n) is 9.66. The Morgan fingerprint density at radius 2 is 1.48 bits per heavy atom. The molecular formula is C24H25F2N5. The van der Waals surface area contributed by atoms with Crippen molar-refractivity contribution < 1.29 is 8.78 Å². The molecule has 1 saturated carbocycles. The molecule has 2 fully saturated rings. The van der Waals surface area contributed by atoms with Crippen molar-refractivity contribution in [2.24, 2.45) is 11.3 Å². The highest BCUT2D eigenvalue weighted by Gasteiger charge is 2.42. The maximum absolute atomic E-state index is 14.5. The molecule has 0 radical (unpaired) electrons. The van der Waals surface area contributed by atoms with Gasteiger partial charge in [0.2, 0.25) is 0 Å². The fourth-order valence-electron chi connectivity index (χ4n) is 4.25. The molecule has 160 valence electrons. The van der Waals surface area contributed by atoms with Crippen molar-refractivity contribution in [2.45, 2.75) is 39.0 Å². The summed E-state index contributed by atoms with van der Waals surface area (Å²) in [5.74, 6) is 0.279. The highest BCUT2D eigenvalue weighted by atomic mass is 19.2. The van der Waals surface area contributed by atoms with Gasteiger partial charge >= 0.3 is 0 Å². The van der Waals surface area contributed by atoms with E-state index in [0.717, 1.165) is 30.6 Å². The summed E-state index contributed by atoms with van der Waals surface area (Å²) in [4.78, 5) is 19.1. The number of hydrogen-bond acceptors (Lipinski definition) is 5. The molecule has 2 aliphatic rings. The molecule has 3 heterocycles. The molecule has 1 aliphatic heterocycles. The van der Waals surface area contributed by atoms with Crippen LogP contribution in [0.4, 0.5) is 14.5 Å². The van der Waals surface area contributed by atoms with Crippen molar-refractivity contribution in [3.05, 3.63) is 65.7 Å². The molecule has 2 atom stereocenters. The Morgan fingerprint density at radius 1 is 0.871 bits per heavy atom. The second-order valence-corrected chi connectivity index (χ2v) is 9.66. The molecule has 3 aromatic rings. The van der Waals surface area contributed by atoms with Gasteiger partial charge in [-0.25, -0.2) is 28.7 Å².